The fourth-order valence-electron chi connectivity index (χ4n) is 2.85. The Kier molecular flexibility index (Phi) is 6.21. The van der Waals surface area contributed by atoms with E-state index < -0.39 is 0 Å². The lowest BCUT2D eigenvalue weighted by Crippen LogP contribution is -2.47. The molecule has 2 rings (SSSR count). The van der Waals surface area contributed by atoms with Crippen LogP contribution in [0.15, 0.2) is 30.3 Å². The van der Waals surface area contributed by atoms with Gasteiger partial charge in [0, 0.05) is 45.2 Å². The highest BCUT2D eigenvalue weighted by Crippen LogP contribution is 2.24. The molecule has 0 saturated carbocycles. The van der Waals surface area contributed by atoms with Crippen molar-refractivity contribution in [1.82, 2.24) is 15.1 Å². The van der Waals surface area contributed by atoms with Crippen LogP contribution in [0.2, 0.25) is 0 Å². The molecule has 4 heteroatoms. The van der Waals surface area contributed by atoms with Gasteiger partial charge in [-0.1, -0.05) is 37.3 Å². The number of nitrogens with one attached hydrogen (secondary N) is 1. The van der Waals surface area contributed by atoms with Crippen molar-refractivity contribution in [1.29, 1.82) is 0 Å². The molecule has 0 bridgehead atoms. The number of rotatable bonds is 6. The number of carbonyl (C=O) groups excluding carboxylic acids is 1. The Morgan fingerprint density at radius 3 is 2.76 bits per heavy atom. The number of piperazine rings is 1. The van der Waals surface area contributed by atoms with Crippen molar-refractivity contribution in [2.75, 3.05) is 39.8 Å². The summed E-state index contributed by atoms with van der Waals surface area (Å²) in [5, 5.41) is 2.96. The summed E-state index contributed by atoms with van der Waals surface area (Å²) in [4.78, 5) is 16.2. The maximum absolute atomic E-state index is 11.3. The van der Waals surface area contributed by atoms with Crippen molar-refractivity contribution < 1.29 is 4.79 Å². The first kappa shape index (κ1) is 16.0. The third kappa shape index (κ3) is 4.83. The number of hydrogen-bond acceptors (Lipinski definition) is 3. The first-order valence-corrected chi connectivity index (χ1v) is 7.95. The maximum atomic E-state index is 11.3. The van der Waals surface area contributed by atoms with E-state index in [1.807, 2.05) is 6.92 Å². The highest BCUT2D eigenvalue weighted by molar-refractivity contribution is 5.75. The Morgan fingerprint density at radius 2 is 2.05 bits per heavy atom. The van der Waals surface area contributed by atoms with E-state index >= 15 is 0 Å². The zero-order valence-electron chi connectivity index (χ0n) is 13.2. The zero-order chi connectivity index (χ0) is 15.1. The van der Waals surface area contributed by atoms with Gasteiger partial charge in [0.1, 0.15) is 0 Å². The van der Waals surface area contributed by atoms with Gasteiger partial charge in [0.15, 0.2) is 0 Å². The predicted molar refractivity (Wildman–Crippen MR) is 86.2 cm³/mol. The zero-order valence-corrected chi connectivity index (χ0v) is 13.2. The van der Waals surface area contributed by atoms with Crippen LogP contribution in [0, 0.1) is 0 Å². The molecule has 116 valence electrons. The molecular formula is C17H27N3O. The lowest BCUT2D eigenvalue weighted by atomic mass is 10.0. The Hall–Kier alpha value is -1.39. The van der Waals surface area contributed by atoms with E-state index in [9.17, 15) is 4.79 Å². The van der Waals surface area contributed by atoms with Crippen LogP contribution in [-0.2, 0) is 4.79 Å². The van der Waals surface area contributed by atoms with Gasteiger partial charge in [0.25, 0.3) is 0 Å². The molecule has 1 fully saturated rings. The summed E-state index contributed by atoms with van der Waals surface area (Å²) < 4.78 is 0. The molecule has 0 radical (unpaired) electrons. The monoisotopic (exact) mass is 289 g/mol. The molecular weight excluding hydrogens is 262 g/mol. The summed E-state index contributed by atoms with van der Waals surface area (Å²) in [7, 11) is 2.19. The molecule has 1 N–H and O–H groups in total. The number of benzene rings is 1. The van der Waals surface area contributed by atoms with E-state index in [1.165, 1.54) is 5.56 Å². The molecule has 1 amide bonds. The van der Waals surface area contributed by atoms with Crippen LogP contribution in [0.25, 0.3) is 0 Å². The molecule has 1 heterocycles. The molecule has 0 spiro atoms. The van der Waals surface area contributed by atoms with Crippen molar-refractivity contribution in [3.05, 3.63) is 35.9 Å². The molecule has 1 aromatic carbocycles. The van der Waals surface area contributed by atoms with Gasteiger partial charge >= 0.3 is 0 Å². The normalized spacial score (nSPS) is 20.4. The van der Waals surface area contributed by atoms with Gasteiger partial charge in [0.05, 0.1) is 0 Å². The van der Waals surface area contributed by atoms with E-state index in [2.05, 4.69) is 52.5 Å². The second kappa shape index (κ2) is 8.15. The topological polar surface area (TPSA) is 35.6 Å². The van der Waals surface area contributed by atoms with Gasteiger partial charge in [0.2, 0.25) is 5.91 Å². The molecule has 0 unspecified atom stereocenters. The predicted octanol–water partition coefficient (Wildman–Crippen LogP) is 1.89. The number of hydrogen-bond donors (Lipinski definition) is 1. The molecule has 21 heavy (non-hydrogen) atoms. The summed E-state index contributed by atoms with van der Waals surface area (Å²) in [5.74, 6) is 0.146. The van der Waals surface area contributed by atoms with Crippen LogP contribution < -0.4 is 5.32 Å². The van der Waals surface area contributed by atoms with Gasteiger partial charge in [-0.15, -0.1) is 0 Å². The van der Waals surface area contributed by atoms with Crippen molar-refractivity contribution in [3.63, 3.8) is 0 Å². The summed E-state index contributed by atoms with van der Waals surface area (Å²) in [6.45, 7) is 6.99. The average Bonchev–Trinajstić information content (AvgIpc) is 2.53. The van der Waals surface area contributed by atoms with Crippen molar-refractivity contribution in [2.24, 2.45) is 0 Å². The Morgan fingerprint density at radius 1 is 1.29 bits per heavy atom. The first-order chi connectivity index (χ1) is 10.2. The molecule has 1 atom stereocenters. The largest absolute Gasteiger partial charge is 0.356 e. The van der Waals surface area contributed by atoms with E-state index in [0.29, 0.717) is 12.5 Å². The van der Waals surface area contributed by atoms with Crippen LogP contribution in [0.5, 0.6) is 0 Å². The molecule has 0 aromatic heterocycles. The van der Waals surface area contributed by atoms with Gasteiger partial charge in [-0.3, -0.25) is 9.69 Å². The van der Waals surface area contributed by atoms with Crippen molar-refractivity contribution in [3.8, 4) is 0 Å². The summed E-state index contributed by atoms with van der Waals surface area (Å²) in [6.07, 6.45) is 1.58. The molecule has 1 aromatic rings. The lowest BCUT2D eigenvalue weighted by molar-refractivity contribution is -0.120. The molecule has 1 aliphatic heterocycles. The molecule has 0 aliphatic carbocycles. The standard InChI is InChI=1S/C17H27N3O/c1-3-17(21)18-10-7-11-20-13-12-19(2)14-16(20)15-8-5-4-6-9-15/h4-6,8-9,16H,3,7,10-14H2,1-2H3,(H,18,21)/t16-/m0/s1. The lowest BCUT2D eigenvalue weighted by Gasteiger charge is -2.40. The highest BCUT2D eigenvalue weighted by Gasteiger charge is 2.25. The van der Waals surface area contributed by atoms with Gasteiger partial charge in [-0.05, 0) is 19.0 Å². The number of carbonyl (C=O) groups is 1. The van der Waals surface area contributed by atoms with Crippen LogP contribution in [0.1, 0.15) is 31.4 Å². The minimum Gasteiger partial charge on any atom is -0.356 e. The van der Waals surface area contributed by atoms with E-state index in [1.54, 1.807) is 0 Å². The van der Waals surface area contributed by atoms with E-state index in [0.717, 1.165) is 39.1 Å². The maximum Gasteiger partial charge on any atom is 0.219 e. The van der Waals surface area contributed by atoms with Crippen LogP contribution in [0.3, 0.4) is 0 Å². The highest BCUT2D eigenvalue weighted by atomic mass is 16.1. The van der Waals surface area contributed by atoms with Crippen LogP contribution in [-0.4, -0.2) is 55.5 Å². The second-order valence-corrected chi connectivity index (χ2v) is 5.78. The summed E-state index contributed by atoms with van der Waals surface area (Å²) in [6, 6.07) is 11.2. The average molecular weight is 289 g/mol. The SMILES string of the molecule is CCC(=O)NCCCN1CCN(C)C[C@H]1c1ccccc1. The second-order valence-electron chi connectivity index (χ2n) is 5.78. The first-order valence-electron chi connectivity index (χ1n) is 7.95. The number of nitrogens with zero attached hydrogens (tertiary/aromatic N) is 2. The van der Waals surface area contributed by atoms with E-state index in [4.69, 9.17) is 0 Å². The van der Waals surface area contributed by atoms with Crippen LogP contribution >= 0.6 is 0 Å². The smallest absolute Gasteiger partial charge is 0.219 e. The fourth-order valence-corrected chi connectivity index (χ4v) is 2.85. The third-order valence-electron chi connectivity index (χ3n) is 4.14. The Balaban J connectivity index is 1.88. The fraction of sp³-hybridized carbons (Fsp3) is 0.588. The minimum absolute atomic E-state index is 0.146. The van der Waals surface area contributed by atoms with E-state index in [-0.39, 0.29) is 5.91 Å². The number of likely N-dealkylation sites (N-methyl/N-ethyl adjacent to an activating group) is 1. The Bertz CT molecular complexity index is 435. The molecule has 4 nitrogen and oxygen atoms in total. The van der Waals surface area contributed by atoms with Gasteiger partial charge in [-0.25, -0.2) is 0 Å². The third-order valence-corrected chi connectivity index (χ3v) is 4.14. The van der Waals surface area contributed by atoms with Gasteiger partial charge in [-0.2, -0.15) is 0 Å². The summed E-state index contributed by atoms with van der Waals surface area (Å²) >= 11 is 0. The van der Waals surface area contributed by atoms with Crippen molar-refractivity contribution >= 4 is 5.91 Å². The summed E-state index contributed by atoms with van der Waals surface area (Å²) in [5.41, 5.74) is 1.39. The van der Waals surface area contributed by atoms with Crippen LogP contribution in [0.4, 0.5) is 0 Å². The van der Waals surface area contributed by atoms with Crippen molar-refractivity contribution in [2.45, 2.75) is 25.8 Å². The Labute approximate surface area is 128 Å². The number of amides is 1. The van der Waals surface area contributed by atoms with Gasteiger partial charge < -0.3 is 10.2 Å². The molecule has 1 saturated heterocycles. The molecule has 1 aliphatic rings. The quantitative estimate of drug-likeness (QED) is 0.812. The minimum atomic E-state index is 0.146.